The van der Waals surface area contributed by atoms with Crippen LogP contribution in [0.3, 0.4) is 0 Å². The summed E-state index contributed by atoms with van der Waals surface area (Å²) in [4.78, 5) is 2.31. The predicted molar refractivity (Wildman–Crippen MR) is 115 cm³/mol. The third-order valence-corrected chi connectivity index (χ3v) is 5.90. The maximum absolute atomic E-state index is 7.59. The van der Waals surface area contributed by atoms with Crippen molar-refractivity contribution in [1.29, 1.82) is 5.41 Å². The molecule has 31 heavy (non-hydrogen) atoms. The minimum absolute atomic E-state index is 0.0104. The lowest BCUT2D eigenvalue weighted by Crippen LogP contribution is -2.36. The van der Waals surface area contributed by atoms with E-state index < -0.39 is 0 Å². The van der Waals surface area contributed by atoms with Crippen LogP contribution in [0, 0.1) is 5.41 Å². The third kappa shape index (κ3) is 4.32. The average molecular weight is 425 g/mol. The highest BCUT2D eigenvalue weighted by atomic mass is 16.6. The van der Waals surface area contributed by atoms with Gasteiger partial charge in [0.1, 0.15) is 29.5 Å². The molecule has 3 N–H and O–H groups in total. The van der Waals surface area contributed by atoms with Crippen LogP contribution < -0.4 is 20.1 Å². The van der Waals surface area contributed by atoms with Crippen molar-refractivity contribution in [3.63, 3.8) is 0 Å². The summed E-state index contributed by atoms with van der Waals surface area (Å²) in [6.45, 7) is 4.22. The summed E-state index contributed by atoms with van der Waals surface area (Å²) in [5.41, 5.74) is 7.38. The molecule has 3 aliphatic rings. The van der Waals surface area contributed by atoms with Crippen LogP contribution in [0.4, 0.5) is 5.69 Å². The smallest absolute Gasteiger partial charge is 0.151 e. The van der Waals surface area contributed by atoms with Crippen molar-refractivity contribution in [1.82, 2.24) is 0 Å². The van der Waals surface area contributed by atoms with Crippen molar-refractivity contribution in [2.24, 2.45) is 5.73 Å². The van der Waals surface area contributed by atoms with E-state index in [0.29, 0.717) is 24.5 Å². The first-order chi connectivity index (χ1) is 15.2. The van der Waals surface area contributed by atoms with Gasteiger partial charge in [0.25, 0.3) is 0 Å². The number of nitrogen functional groups attached to an aromatic ring is 1. The quantitative estimate of drug-likeness (QED) is 0.538. The fourth-order valence-electron chi connectivity index (χ4n) is 4.27. The van der Waals surface area contributed by atoms with E-state index in [1.807, 2.05) is 24.3 Å². The number of nitrogens with one attached hydrogen (secondary N) is 1. The maximum Gasteiger partial charge on any atom is 0.151 e. The van der Waals surface area contributed by atoms with Gasteiger partial charge in [0.15, 0.2) is 12.2 Å². The summed E-state index contributed by atoms with van der Waals surface area (Å²) in [5.74, 6) is 1.46. The molecule has 3 saturated heterocycles. The number of morpholine rings is 1. The Morgan fingerprint density at radius 2 is 1.55 bits per heavy atom. The molecule has 3 heterocycles. The molecular formula is C23H27N3O5. The van der Waals surface area contributed by atoms with Gasteiger partial charge in [-0.15, -0.1) is 0 Å². The maximum atomic E-state index is 7.59. The Morgan fingerprint density at radius 1 is 0.903 bits per heavy atom. The van der Waals surface area contributed by atoms with E-state index in [0.717, 1.165) is 32.1 Å². The van der Waals surface area contributed by atoms with Gasteiger partial charge in [-0.25, -0.2) is 0 Å². The van der Waals surface area contributed by atoms with Gasteiger partial charge < -0.3 is 34.3 Å². The molecule has 8 nitrogen and oxygen atoms in total. The van der Waals surface area contributed by atoms with Gasteiger partial charge in [-0.3, -0.25) is 5.41 Å². The molecule has 0 aliphatic carbocycles. The second-order valence-electron chi connectivity index (χ2n) is 7.94. The van der Waals surface area contributed by atoms with E-state index in [1.165, 1.54) is 5.69 Å². The number of benzene rings is 2. The molecule has 3 aliphatic heterocycles. The minimum Gasteiger partial charge on any atom is -0.485 e. The number of nitrogens with zero attached hydrogens (tertiary/aromatic N) is 1. The van der Waals surface area contributed by atoms with Gasteiger partial charge in [-0.05, 0) is 36.4 Å². The molecule has 2 aromatic rings. The Kier molecular flexibility index (Phi) is 5.67. The zero-order chi connectivity index (χ0) is 21.2. The summed E-state index contributed by atoms with van der Waals surface area (Å²) >= 11 is 0. The first-order valence-corrected chi connectivity index (χ1v) is 10.6. The van der Waals surface area contributed by atoms with Crippen LogP contribution in [0.1, 0.15) is 5.56 Å². The Labute approximate surface area is 181 Å². The number of hydrogen-bond donors (Lipinski definition) is 2. The second kappa shape index (κ2) is 8.74. The molecule has 8 heteroatoms. The number of amidine groups is 1. The van der Waals surface area contributed by atoms with E-state index in [9.17, 15) is 0 Å². The molecule has 0 aromatic heterocycles. The molecule has 0 amide bonds. The molecule has 4 atom stereocenters. The lowest BCUT2D eigenvalue weighted by Gasteiger charge is -2.29. The molecular weight excluding hydrogens is 398 g/mol. The highest BCUT2D eigenvalue weighted by molar-refractivity contribution is 5.95. The van der Waals surface area contributed by atoms with E-state index >= 15 is 0 Å². The van der Waals surface area contributed by atoms with Crippen LogP contribution in [-0.2, 0) is 14.2 Å². The van der Waals surface area contributed by atoms with Crippen LogP contribution in [0.25, 0.3) is 0 Å². The van der Waals surface area contributed by atoms with E-state index in [1.54, 1.807) is 12.1 Å². The summed E-state index contributed by atoms with van der Waals surface area (Å²) in [6, 6.07) is 15.4. The molecule has 3 fully saturated rings. The predicted octanol–water partition coefficient (Wildman–Crippen LogP) is 1.80. The average Bonchev–Trinajstić information content (AvgIpc) is 3.38. The van der Waals surface area contributed by atoms with Gasteiger partial charge in [0, 0.05) is 24.3 Å². The van der Waals surface area contributed by atoms with Crippen molar-refractivity contribution in [2.75, 3.05) is 44.4 Å². The van der Waals surface area contributed by atoms with Crippen LogP contribution in [0.5, 0.6) is 11.5 Å². The number of fused-ring (bicyclic) bond motifs is 1. The molecule has 5 rings (SSSR count). The van der Waals surface area contributed by atoms with Crippen LogP contribution >= 0.6 is 0 Å². The molecule has 0 spiro atoms. The summed E-state index contributed by atoms with van der Waals surface area (Å²) in [7, 11) is 0. The van der Waals surface area contributed by atoms with Crippen molar-refractivity contribution < 1.29 is 23.7 Å². The summed E-state index contributed by atoms with van der Waals surface area (Å²) in [6.07, 6.45) is -0.792. The van der Waals surface area contributed by atoms with Gasteiger partial charge in [-0.2, -0.15) is 0 Å². The largest absolute Gasteiger partial charge is 0.485 e. The highest BCUT2D eigenvalue weighted by Crippen LogP contribution is 2.33. The topological polar surface area (TPSA) is 99.3 Å². The first kappa shape index (κ1) is 20.1. The Morgan fingerprint density at radius 3 is 2.19 bits per heavy atom. The fraction of sp³-hybridized carbons (Fsp3) is 0.435. The van der Waals surface area contributed by atoms with Gasteiger partial charge in [0.05, 0.1) is 26.4 Å². The Bertz CT molecular complexity index is 916. The SMILES string of the molecule is N=C(N)c1cccc(O[C@H]2CO[C@H]3[C@@H]2OC[C@H]3Oc2ccc(N3CCOCC3)cc2)c1. The molecule has 164 valence electrons. The minimum atomic E-state index is -0.232. The lowest BCUT2D eigenvalue weighted by molar-refractivity contribution is 0.0181. The zero-order valence-electron chi connectivity index (χ0n) is 17.2. The molecule has 0 bridgehead atoms. The standard InChI is InChI=1S/C23H27N3O5/c24-23(25)15-2-1-3-18(12-15)31-20-14-29-21-19(13-28-22(20)21)30-17-6-4-16(5-7-17)26-8-10-27-11-9-26/h1-7,12,19-22H,8-11,13-14H2,(H3,24,25)/t19-,20+,21-,22-/m1/s1. The van der Waals surface area contributed by atoms with E-state index in [-0.39, 0.29) is 30.3 Å². The monoisotopic (exact) mass is 425 g/mol. The highest BCUT2D eigenvalue weighted by Gasteiger charge is 2.50. The Balaban J connectivity index is 1.19. The Hall–Kier alpha value is -2.81. The molecule has 0 radical (unpaired) electrons. The zero-order valence-corrected chi connectivity index (χ0v) is 17.2. The van der Waals surface area contributed by atoms with Crippen LogP contribution in [0.2, 0.25) is 0 Å². The van der Waals surface area contributed by atoms with E-state index in [2.05, 4.69) is 17.0 Å². The number of anilines is 1. The van der Waals surface area contributed by atoms with Crippen LogP contribution in [-0.4, -0.2) is 69.8 Å². The van der Waals surface area contributed by atoms with Crippen molar-refractivity contribution in [3.8, 4) is 11.5 Å². The number of hydrogen-bond acceptors (Lipinski definition) is 7. The first-order valence-electron chi connectivity index (χ1n) is 10.6. The van der Waals surface area contributed by atoms with Crippen molar-refractivity contribution >= 4 is 11.5 Å². The summed E-state index contributed by atoms with van der Waals surface area (Å²) in [5, 5.41) is 7.59. The summed E-state index contributed by atoms with van der Waals surface area (Å²) < 4.78 is 29.7. The van der Waals surface area contributed by atoms with Crippen molar-refractivity contribution in [3.05, 3.63) is 54.1 Å². The van der Waals surface area contributed by atoms with Crippen LogP contribution in [0.15, 0.2) is 48.5 Å². The van der Waals surface area contributed by atoms with E-state index in [4.69, 9.17) is 34.8 Å². The fourth-order valence-corrected chi connectivity index (χ4v) is 4.27. The number of nitrogens with two attached hydrogens (primary N) is 1. The van der Waals surface area contributed by atoms with Gasteiger partial charge in [0.2, 0.25) is 0 Å². The molecule has 0 unspecified atom stereocenters. The number of rotatable bonds is 6. The third-order valence-electron chi connectivity index (χ3n) is 5.90. The van der Waals surface area contributed by atoms with Crippen molar-refractivity contribution in [2.45, 2.75) is 24.4 Å². The normalized spacial score (nSPS) is 27.7. The number of ether oxygens (including phenoxy) is 5. The molecule has 0 saturated carbocycles. The lowest BCUT2D eigenvalue weighted by atomic mass is 10.1. The van der Waals surface area contributed by atoms with Gasteiger partial charge >= 0.3 is 0 Å². The van der Waals surface area contributed by atoms with Gasteiger partial charge in [-0.1, -0.05) is 12.1 Å². The second-order valence-corrected chi connectivity index (χ2v) is 7.94. The molecule has 2 aromatic carbocycles.